The zero-order chi connectivity index (χ0) is 21.7. The number of hydrogen-bond donors (Lipinski definition) is 0. The van der Waals surface area contributed by atoms with E-state index < -0.39 is 0 Å². The van der Waals surface area contributed by atoms with Crippen molar-refractivity contribution in [2.45, 2.75) is 86.5 Å². The molecular weight excluding hydrogens is 364 g/mol. The van der Waals surface area contributed by atoms with Crippen molar-refractivity contribution in [3.8, 4) is 0 Å². The molecule has 0 aromatic heterocycles. The lowest BCUT2D eigenvalue weighted by molar-refractivity contribution is -0.116. The van der Waals surface area contributed by atoms with Gasteiger partial charge in [0.25, 0.3) is 0 Å². The summed E-state index contributed by atoms with van der Waals surface area (Å²) >= 11 is 0. The topological polar surface area (TPSA) is 17.1 Å². The van der Waals surface area contributed by atoms with Crippen LogP contribution in [0.3, 0.4) is 0 Å². The second kappa shape index (κ2) is 7.95. The molecule has 1 fully saturated rings. The number of hydrogen-bond acceptors (Lipinski definition) is 1. The molecule has 30 heavy (non-hydrogen) atoms. The Labute approximate surface area is 184 Å². The molecule has 0 heterocycles. The van der Waals surface area contributed by atoms with Crippen LogP contribution in [0.25, 0.3) is 0 Å². The zero-order valence-electron chi connectivity index (χ0n) is 20.1. The molecule has 1 saturated carbocycles. The number of ketones is 1. The summed E-state index contributed by atoms with van der Waals surface area (Å²) in [5.41, 5.74) is 5.21. The summed E-state index contributed by atoms with van der Waals surface area (Å²) in [6.45, 7) is 14.5. The average Bonchev–Trinajstić information content (AvgIpc) is 3.06. The highest BCUT2D eigenvalue weighted by Gasteiger charge is 2.53. The molecule has 0 radical (unpaired) electrons. The molecule has 0 N–H and O–H groups in total. The predicted octanol–water partition coefficient (Wildman–Crippen LogP) is 7.85. The van der Waals surface area contributed by atoms with E-state index in [1.165, 1.54) is 37.7 Å². The lowest BCUT2D eigenvalue weighted by Crippen LogP contribution is -2.41. The molecule has 4 rings (SSSR count). The van der Waals surface area contributed by atoms with Crippen LogP contribution in [0, 0.1) is 40.4 Å². The molecule has 1 nitrogen and oxygen atoms in total. The Morgan fingerprint density at radius 1 is 1.03 bits per heavy atom. The van der Waals surface area contributed by atoms with Crippen LogP contribution in [-0.2, 0) is 4.79 Å². The Kier molecular flexibility index (Phi) is 5.79. The first-order valence-corrected chi connectivity index (χ1v) is 12.6. The highest BCUT2D eigenvalue weighted by atomic mass is 16.1. The fourth-order valence-corrected chi connectivity index (χ4v) is 7.48. The Morgan fingerprint density at radius 2 is 1.80 bits per heavy atom. The van der Waals surface area contributed by atoms with Crippen LogP contribution in [-0.4, -0.2) is 5.78 Å². The number of rotatable bonds is 5. The van der Waals surface area contributed by atoms with Gasteiger partial charge in [-0.3, -0.25) is 4.79 Å². The maximum atomic E-state index is 12.0. The van der Waals surface area contributed by atoms with Crippen molar-refractivity contribution < 1.29 is 4.79 Å². The lowest BCUT2D eigenvalue weighted by atomic mass is 9.53. The summed E-state index contributed by atoms with van der Waals surface area (Å²) in [5, 5.41) is 0. The molecule has 164 valence electrons. The van der Waals surface area contributed by atoms with Gasteiger partial charge in [-0.25, -0.2) is 0 Å². The van der Waals surface area contributed by atoms with Crippen molar-refractivity contribution in [1.82, 2.24) is 0 Å². The fraction of sp³-hybridized carbons (Fsp3) is 0.690. The van der Waals surface area contributed by atoms with Gasteiger partial charge >= 0.3 is 0 Å². The van der Waals surface area contributed by atoms with Crippen LogP contribution < -0.4 is 0 Å². The molecular formula is C29H42O. The molecule has 6 atom stereocenters. The van der Waals surface area contributed by atoms with Gasteiger partial charge in [0, 0.05) is 6.42 Å². The van der Waals surface area contributed by atoms with Gasteiger partial charge in [0.15, 0.2) is 5.78 Å². The second-order valence-corrected chi connectivity index (χ2v) is 11.5. The van der Waals surface area contributed by atoms with Crippen molar-refractivity contribution >= 4 is 5.78 Å². The number of carbonyl (C=O) groups is 1. The van der Waals surface area contributed by atoms with Crippen LogP contribution >= 0.6 is 0 Å². The predicted molar refractivity (Wildman–Crippen MR) is 127 cm³/mol. The summed E-state index contributed by atoms with van der Waals surface area (Å²) in [4.78, 5) is 12.0. The highest BCUT2D eigenvalue weighted by Crippen LogP contribution is 2.63. The Hall–Kier alpha value is -1.37. The summed E-state index contributed by atoms with van der Waals surface area (Å²) in [6, 6.07) is 0. The standard InChI is InChI=1S/C29H42O/c1-7-21(19(2)3)9-8-20(4)25-12-13-26-24-11-10-22-18-23(30)14-16-28(22,5)27(24)15-17-29(25,26)6/h8-11,18-21,25,27H,7,12-17H2,1-6H3/t20-,21-,25-,27+,28+,29-/m1/s1. The van der Waals surface area contributed by atoms with Gasteiger partial charge in [-0.2, -0.15) is 0 Å². The fourth-order valence-electron chi connectivity index (χ4n) is 7.48. The van der Waals surface area contributed by atoms with Crippen molar-refractivity contribution in [2.75, 3.05) is 0 Å². The third-order valence-electron chi connectivity index (χ3n) is 9.59. The summed E-state index contributed by atoms with van der Waals surface area (Å²) in [6.07, 6.45) is 19.9. The van der Waals surface area contributed by atoms with E-state index in [9.17, 15) is 4.79 Å². The van der Waals surface area contributed by atoms with Gasteiger partial charge < -0.3 is 0 Å². The van der Waals surface area contributed by atoms with Gasteiger partial charge in [-0.1, -0.05) is 71.4 Å². The largest absolute Gasteiger partial charge is 0.295 e. The minimum Gasteiger partial charge on any atom is -0.295 e. The molecule has 0 aromatic rings. The minimum absolute atomic E-state index is 0.168. The van der Waals surface area contributed by atoms with Crippen molar-refractivity contribution in [3.05, 3.63) is 47.1 Å². The highest BCUT2D eigenvalue weighted by molar-refractivity contribution is 5.92. The number of allylic oxidation sites excluding steroid dienone is 8. The van der Waals surface area contributed by atoms with Gasteiger partial charge in [0.1, 0.15) is 0 Å². The second-order valence-electron chi connectivity index (χ2n) is 11.5. The first-order chi connectivity index (χ1) is 14.2. The molecule has 0 aromatic carbocycles. The lowest BCUT2D eigenvalue weighted by Gasteiger charge is -2.51. The van der Waals surface area contributed by atoms with Crippen molar-refractivity contribution in [3.63, 3.8) is 0 Å². The molecule has 0 unspecified atom stereocenters. The van der Waals surface area contributed by atoms with Crippen LogP contribution in [0.2, 0.25) is 0 Å². The summed E-state index contributed by atoms with van der Waals surface area (Å²) < 4.78 is 0. The zero-order valence-corrected chi connectivity index (χ0v) is 20.1. The number of fused-ring (bicyclic) bond motifs is 4. The molecule has 0 bridgehead atoms. The first kappa shape index (κ1) is 21.8. The Morgan fingerprint density at radius 3 is 2.50 bits per heavy atom. The van der Waals surface area contributed by atoms with Crippen LogP contribution in [0.5, 0.6) is 0 Å². The Balaban J connectivity index is 1.63. The maximum Gasteiger partial charge on any atom is 0.156 e. The van der Waals surface area contributed by atoms with E-state index in [2.05, 4.69) is 65.8 Å². The SMILES string of the molecule is CC[C@H](C=C[C@@H](C)[C@H]1CCC2=C3C=CC4=CC(=O)CC[C@]4(C)[C@H]3CC[C@@]21C)C(C)C. The number of carbonyl (C=O) groups excluding carboxylic acids is 1. The summed E-state index contributed by atoms with van der Waals surface area (Å²) in [7, 11) is 0. The van der Waals surface area contributed by atoms with Crippen LogP contribution in [0.1, 0.15) is 86.5 Å². The quantitative estimate of drug-likeness (QED) is 0.425. The summed E-state index contributed by atoms with van der Waals surface area (Å²) in [5.74, 6) is 3.76. The van der Waals surface area contributed by atoms with E-state index in [1.807, 2.05) is 6.08 Å². The first-order valence-electron chi connectivity index (χ1n) is 12.6. The van der Waals surface area contributed by atoms with E-state index in [0.29, 0.717) is 29.0 Å². The normalized spacial score (nSPS) is 37.8. The van der Waals surface area contributed by atoms with E-state index >= 15 is 0 Å². The molecule has 0 spiro atoms. The van der Waals surface area contributed by atoms with Crippen molar-refractivity contribution in [2.24, 2.45) is 40.4 Å². The van der Waals surface area contributed by atoms with E-state index in [1.54, 1.807) is 11.1 Å². The molecule has 4 aliphatic carbocycles. The van der Waals surface area contributed by atoms with E-state index in [0.717, 1.165) is 24.7 Å². The third kappa shape index (κ3) is 3.41. The van der Waals surface area contributed by atoms with E-state index in [4.69, 9.17) is 0 Å². The molecule has 4 aliphatic rings. The van der Waals surface area contributed by atoms with Gasteiger partial charge in [-0.15, -0.1) is 0 Å². The van der Waals surface area contributed by atoms with E-state index in [-0.39, 0.29) is 5.41 Å². The monoisotopic (exact) mass is 406 g/mol. The van der Waals surface area contributed by atoms with Crippen LogP contribution in [0.4, 0.5) is 0 Å². The van der Waals surface area contributed by atoms with Crippen molar-refractivity contribution in [1.29, 1.82) is 0 Å². The third-order valence-corrected chi connectivity index (χ3v) is 9.59. The maximum absolute atomic E-state index is 12.0. The molecule has 0 saturated heterocycles. The molecule has 1 heteroatoms. The van der Waals surface area contributed by atoms with Gasteiger partial charge in [0.2, 0.25) is 0 Å². The van der Waals surface area contributed by atoms with Gasteiger partial charge in [0.05, 0.1) is 0 Å². The molecule has 0 amide bonds. The Bertz CT molecular complexity index is 821. The molecule has 0 aliphatic heterocycles. The smallest absolute Gasteiger partial charge is 0.156 e. The average molecular weight is 407 g/mol. The van der Waals surface area contributed by atoms with Crippen LogP contribution in [0.15, 0.2) is 47.1 Å². The minimum atomic E-state index is 0.168. The van der Waals surface area contributed by atoms with Gasteiger partial charge in [-0.05, 0) is 96.2 Å².